The third-order valence-electron chi connectivity index (χ3n) is 4.39. The average Bonchev–Trinajstić information content (AvgIpc) is 3.01. The lowest BCUT2D eigenvalue weighted by atomic mass is 10.1. The van der Waals surface area contributed by atoms with E-state index in [1.165, 1.54) is 18.9 Å². The van der Waals surface area contributed by atoms with Crippen LogP contribution in [0.1, 0.15) is 19.4 Å². The molecule has 1 N–H and O–H groups in total. The first-order valence-corrected chi connectivity index (χ1v) is 11.9. The first kappa shape index (κ1) is 24.6. The van der Waals surface area contributed by atoms with Crippen molar-refractivity contribution in [2.75, 3.05) is 19.0 Å². The number of rotatable bonds is 7. The smallest absolute Gasteiger partial charge is 0.266 e. The van der Waals surface area contributed by atoms with Crippen LogP contribution in [0.3, 0.4) is 0 Å². The number of hydrogen-bond donors (Lipinski definition) is 1. The summed E-state index contributed by atoms with van der Waals surface area (Å²) < 4.78 is 12.2. The number of nitrogens with one attached hydrogen (secondary N) is 1. The highest BCUT2D eigenvalue weighted by molar-refractivity contribution is 9.10. The summed E-state index contributed by atoms with van der Waals surface area (Å²) in [6.07, 6.45) is 1.75. The first-order valence-electron chi connectivity index (χ1n) is 9.53. The van der Waals surface area contributed by atoms with Crippen molar-refractivity contribution in [3.63, 3.8) is 0 Å². The number of hydrogen-bond acceptors (Lipinski definition) is 6. The molecule has 0 unspecified atom stereocenters. The lowest BCUT2D eigenvalue weighted by Crippen LogP contribution is -2.34. The molecule has 1 heterocycles. The molecule has 1 aliphatic rings. The Bertz CT molecular complexity index is 1110. The molecule has 1 aliphatic heterocycles. The summed E-state index contributed by atoms with van der Waals surface area (Å²) in [4.78, 5) is 27.1. The number of thiocarbonyl (C=S) groups is 1. The maximum Gasteiger partial charge on any atom is 0.266 e. The highest BCUT2D eigenvalue weighted by Gasteiger charge is 2.33. The number of methoxy groups -OCH3 is 1. The lowest BCUT2D eigenvalue weighted by molar-refractivity contribution is -0.123. The van der Waals surface area contributed by atoms with Crippen LogP contribution in [0.5, 0.6) is 11.5 Å². The van der Waals surface area contributed by atoms with Crippen LogP contribution in [0.15, 0.2) is 45.8 Å². The van der Waals surface area contributed by atoms with Crippen molar-refractivity contribution in [2.24, 2.45) is 0 Å². The fourth-order valence-electron chi connectivity index (χ4n) is 2.93. The van der Waals surface area contributed by atoms with Gasteiger partial charge in [-0.25, -0.2) is 0 Å². The molecule has 2 aromatic rings. The Labute approximate surface area is 209 Å². The third kappa shape index (κ3) is 5.64. The Kier molecular flexibility index (Phi) is 8.21. The van der Waals surface area contributed by atoms with E-state index in [1.54, 1.807) is 47.4 Å². The third-order valence-corrected chi connectivity index (χ3v) is 6.63. The molecular formula is C22H20BrClN2O4S2. The monoisotopic (exact) mass is 554 g/mol. The van der Waals surface area contributed by atoms with Gasteiger partial charge in [0.25, 0.3) is 11.8 Å². The first-order chi connectivity index (χ1) is 15.2. The van der Waals surface area contributed by atoms with Crippen LogP contribution < -0.4 is 14.8 Å². The number of para-hydroxylation sites is 1. The van der Waals surface area contributed by atoms with Crippen molar-refractivity contribution in [1.29, 1.82) is 0 Å². The number of thioether (sulfide) groups is 1. The SMILES string of the molecule is COc1cc(/C=C2\SC(=S)N(C(C)C)C2=O)cc(Br)c1OCC(=O)Nc1ccccc1Cl. The Morgan fingerprint density at radius 3 is 2.69 bits per heavy atom. The summed E-state index contributed by atoms with van der Waals surface area (Å²) in [5.74, 6) is 0.291. The molecule has 168 valence electrons. The van der Waals surface area contributed by atoms with Crippen LogP contribution in [-0.2, 0) is 9.59 Å². The Morgan fingerprint density at radius 1 is 1.34 bits per heavy atom. The molecule has 1 saturated heterocycles. The van der Waals surface area contributed by atoms with Gasteiger partial charge in [-0.3, -0.25) is 14.5 Å². The van der Waals surface area contributed by atoms with Gasteiger partial charge in [-0.15, -0.1) is 0 Å². The van der Waals surface area contributed by atoms with E-state index in [0.29, 0.717) is 35.9 Å². The predicted octanol–water partition coefficient (Wildman–Crippen LogP) is 5.74. The van der Waals surface area contributed by atoms with Gasteiger partial charge >= 0.3 is 0 Å². The standard InChI is InChI=1S/C22H20BrClN2O4S2/c1-12(2)26-21(28)18(32-22(26)31)10-13-8-14(23)20(17(9-13)29-3)30-11-19(27)25-16-7-5-4-6-15(16)24/h4-10,12H,11H2,1-3H3,(H,25,27)/b18-10-. The predicted molar refractivity (Wildman–Crippen MR) is 136 cm³/mol. The van der Waals surface area contributed by atoms with E-state index < -0.39 is 0 Å². The molecule has 32 heavy (non-hydrogen) atoms. The molecule has 0 spiro atoms. The van der Waals surface area contributed by atoms with Gasteiger partial charge in [0.1, 0.15) is 4.32 Å². The van der Waals surface area contributed by atoms with Crippen molar-refractivity contribution in [1.82, 2.24) is 4.90 Å². The molecule has 6 nitrogen and oxygen atoms in total. The number of carbonyl (C=O) groups excluding carboxylic acids is 2. The lowest BCUT2D eigenvalue weighted by Gasteiger charge is -2.18. The van der Waals surface area contributed by atoms with Crippen LogP contribution >= 0.6 is 51.5 Å². The van der Waals surface area contributed by atoms with Crippen LogP contribution in [-0.4, -0.2) is 40.8 Å². The summed E-state index contributed by atoms with van der Waals surface area (Å²) in [5.41, 5.74) is 1.23. The molecule has 0 saturated carbocycles. The summed E-state index contributed by atoms with van der Waals surface area (Å²) in [7, 11) is 1.50. The minimum atomic E-state index is -0.367. The molecule has 0 aromatic heterocycles. The molecule has 0 bridgehead atoms. The molecule has 1 fully saturated rings. The highest BCUT2D eigenvalue weighted by Crippen LogP contribution is 2.39. The fraction of sp³-hybridized carbons (Fsp3) is 0.227. The zero-order valence-electron chi connectivity index (χ0n) is 17.5. The highest BCUT2D eigenvalue weighted by atomic mass is 79.9. The molecule has 0 atom stereocenters. The molecule has 0 radical (unpaired) electrons. The molecule has 3 rings (SSSR count). The van der Waals surface area contributed by atoms with Crippen molar-refractivity contribution < 1.29 is 19.1 Å². The van der Waals surface area contributed by atoms with E-state index in [9.17, 15) is 9.59 Å². The van der Waals surface area contributed by atoms with Crippen LogP contribution in [0, 0.1) is 0 Å². The number of carbonyl (C=O) groups is 2. The van der Waals surface area contributed by atoms with E-state index in [-0.39, 0.29) is 24.5 Å². The maximum absolute atomic E-state index is 12.6. The Balaban J connectivity index is 1.76. The van der Waals surface area contributed by atoms with Gasteiger partial charge < -0.3 is 14.8 Å². The van der Waals surface area contributed by atoms with Crippen molar-refractivity contribution in [3.05, 3.63) is 56.4 Å². The number of amides is 2. The van der Waals surface area contributed by atoms with Crippen molar-refractivity contribution >= 4 is 79.4 Å². The van der Waals surface area contributed by atoms with Crippen LogP contribution in [0.2, 0.25) is 5.02 Å². The zero-order chi connectivity index (χ0) is 23.4. The van der Waals surface area contributed by atoms with E-state index in [2.05, 4.69) is 21.2 Å². The second-order valence-electron chi connectivity index (χ2n) is 7.00. The van der Waals surface area contributed by atoms with E-state index in [4.69, 9.17) is 33.3 Å². The normalized spacial score (nSPS) is 14.9. The number of anilines is 1. The van der Waals surface area contributed by atoms with Gasteiger partial charge in [-0.05, 0) is 65.7 Å². The van der Waals surface area contributed by atoms with E-state index in [0.717, 1.165) is 5.56 Å². The number of halogens is 2. The number of nitrogens with zero attached hydrogens (tertiary/aromatic N) is 1. The Morgan fingerprint density at radius 2 is 2.06 bits per heavy atom. The summed E-state index contributed by atoms with van der Waals surface area (Å²) >= 11 is 16.1. The summed E-state index contributed by atoms with van der Waals surface area (Å²) in [5, 5.41) is 3.14. The van der Waals surface area contributed by atoms with E-state index >= 15 is 0 Å². The minimum absolute atomic E-state index is 0.0117. The van der Waals surface area contributed by atoms with Gasteiger partial charge in [-0.1, -0.05) is 47.7 Å². The van der Waals surface area contributed by atoms with Gasteiger partial charge in [-0.2, -0.15) is 0 Å². The molecule has 0 aliphatic carbocycles. The summed E-state index contributed by atoms with van der Waals surface area (Å²) in [6.45, 7) is 3.59. The fourth-order valence-corrected chi connectivity index (χ4v) is 5.21. The molecular weight excluding hydrogens is 536 g/mol. The number of ether oxygens (including phenoxy) is 2. The Hall–Kier alpha value is -2.07. The quantitative estimate of drug-likeness (QED) is 0.347. The average molecular weight is 556 g/mol. The van der Waals surface area contributed by atoms with Crippen LogP contribution in [0.25, 0.3) is 6.08 Å². The van der Waals surface area contributed by atoms with Gasteiger partial charge in [0.2, 0.25) is 0 Å². The molecule has 2 aromatic carbocycles. The topological polar surface area (TPSA) is 67.9 Å². The second kappa shape index (κ2) is 10.7. The largest absolute Gasteiger partial charge is 0.493 e. The van der Waals surface area contributed by atoms with Gasteiger partial charge in [0.05, 0.1) is 27.2 Å². The minimum Gasteiger partial charge on any atom is -0.493 e. The van der Waals surface area contributed by atoms with Crippen LogP contribution in [0.4, 0.5) is 5.69 Å². The molecule has 10 heteroatoms. The van der Waals surface area contributed by atoms with Crippen molar-refractivity contribution in [2.45, 2.75) is 19.9 Å². The summed E-state index contributed by atoms with van der Waals surface area (Å²) in [6, 6.07) is 10.4. The van der Waals surface area contributed by atoms with E-state index in [1.807, 2.05) is 13.8 Å². The zero-order valence-corrected chi connectivity index (χ0v) is 21.5. The van der Waals surface area contributed by atoms with Gasteiger partial charge in [0, 0.05) is 6.04 Å². The maximum atomic E-state index is 12.6. The van der Waals surface area contributed by atoms with Gasteiger partial charge in [0.15, 0.2) is 18.1 Å². The molecule has 2 amide bonds. The van der Waals surface area contributed by atoms with Crippen molar-refractivity contribution in [3.8, 4) is 11.5 Å². The number of benzene rings is 2. The second-order valence-corrected chi connectivity index (χ2v) is 9.93.